The zero-order valence-electron chi connectivity index (χ0n) is 14.5. The van der Waals surface area contributed by atoms with Gasteiger partial charge in [-0.05, 0) is 39.2 Å². The zero-order valence-corrected chi connectivity index (χ0v) is 15.3. The lowest BCUT2D eigenvalue weighted by molar-refractivity contribution is 0.182. The van der Waals surface area contributed by atoms with Crippen LogP contribution in [0.5, 0.6) is 0 Å². The van der Waals surface area contributed by atoms with Gasteiger partial charge in [-0.3, -0.25) is 9.11 Å². The van der Waals surface area contributed by atoms with Gasteiger partial charge in [0, 0.05) is 47.8 Å². The second kappa shape index (κ2) is 7.51. The third kappa shape index (κ3) is 3.73. The molecular formula is C17H31N3O2S. The lowest BCUT2D eigenvalue weighted by Crippen LogP contribution is -2.53. The molecule has 1 aliphatic carbocycles. The standard InChI is InChI=1S/C17H31N3O2S/c1-3-23(22)16-7-5-4-6-15(16)18-17(21)20-11-10-13-8-9-14(12-20)19(13)2/h13-16H,3-12H2,1-2H3,(H,18,21)/t13-,14+,15-,16-,23+/m1/s1. The number of nitrogens with zero attached hydrogens (tertiary/aromatic N) is 2. The molecule has 1 saturated carbocycles. The number of hydrogen-bond donors (Lipinski definition) is 1. The number of hydrogen-bond acceptors (Lipinski definition) is 3. The van der Waals surface area contributed by atoms with Crippen LogP contribution in [0.25, 0.3) is 0 Å². The minimum Gasteiger partial charge on any atom is -0.334 e. The van der Waals surface area contributed by atoms with E-state index in [0.717, 1.165) is 45.2 Å². The molecule has 5 atom stereocenters. The number of rotatable bonds is 3. The molecule has 132 valence electrons. The van der Waals surface area contributed by atoms with E-state index in [1.807, 2.05) is 11.8 Å². The van der Waals surface area contributed by atoms with Crippen LogP contribution in [0.3, 0.4) is 0 Å². The molecule has 23 heavy (non-hydrogen) atoms. The van der Waals surface area contributed by atoms with Crippen molar-refractivity contribution >= 4 is 16.8 Å². The van der Waals surface area contributed by atoms with E-state index in [2.05, 4.69) is 17.3 Å². The Bertz CT molecular complexity index is 459. The first-order valence-electron chi connectivity index (χ1n) is 9.24. The predicted octanol–water partition coefficient (Wildman–Crippen LogP) is 1.94. The van der Waals surface area contributed by atoms with Gasteiger partial charge in [-0.25, -0.2) is 4.79 Å². The predicted molar refractivity (Wildman–Crippen MR) is 94.0 cm³/mol. The first kappa shape index (κ1) is 17.2. The van der Waals surface area contributed by atoms with Gasteiger partial charge < -0.3 is 10.2 Å². The van der Waals surface area contributed by atoms with Gasteiger partial charge in [-0.1, -0.05) is 19.8 Å². The third-order valence-corrected chi connectivity index (χ3v) is 7.88. The number of carbonyl (C=O) groups is 1. The highest BCUT2D eigenvalue weighted by atomic mass is 32.2. The molecule has 1 N–H and O–H groups in total. The lowest BCUT2D eigenvalue weighted by Gasteiger charge is -2.34. The molecule has 0 radical (unpaired) electrons. The fourth-order valence-electron chi connectivity index (χ4n) is 4.53. The minimum absolute atomic E-state index is 0.0657. The Morgan fingerprint density at radius 1 is 1.13 bits per heavy atom. The fourth-order valence-corrected chi connectivity index (χ4v) is 5.96. The SMILES string of the molecule is CC[S@](=O)[C@@H]1CCCC[C@H]1NC(=O)N1CC[C@H]2CC[C@@H](C1)N2C. The average Bonchev–Trinajstić information content (AvgIpc) is 2.79. The molecule has 0 aromatic carbocycles. The maximum absolute atomic E-state index is 12.8. The van der Waals surface area contributed by atoms with Crippen molar-refractivity contribution in [1.29, 1.82) is 0 Å². The van der Waals surface area contributed by atoms with Gasteiger partial charge in [0.05, 0.1) is 5.25 Å². The molecular weight excluding hydrogens is 310 g/mol. The zero-order chi connectivity index (χ0) is 16.4. The first-order chi connectivity index (χ1) is 11.1. The Labute approximate surface area is 142 Å². The van der Waals surface area contributed by atoms with E-state index >= 15 is 0 Å². The molecule has 2 heterocycles. The Morgan fingerprint density at radius 2 is 1.87 bits per heavy atom. The molecule has 6 heteroatoms. The van der Waals surface area contributed by atoms with E-state index < -0.39 is 10.8 Å². The van der Waals surface area contributed by atoms with E-state index in [0.29, 0.717) is 17.8 Å². The molecule has 0 aromatic heterocycles. The number of nitrogens with one attached hydrogen (secondary N) is 1. The number of likely N-dealkylation sites (tertiary alicyclic amines) is 1. The van der Waals surface area contributed by atoms with Gasteiger partial charge >= 0.3 is 6.03 Å². The first-order valence-corrected chi connectivity index (χ1v) is 10.6. The van der Waals surface area contributed by atoms with Crippen molar-refractivity contribution in [3.63, 3.8) is 0 Å². The van der Waals surface area contributed by atoms with E-state index in [9.17, 15) is 9.00 Å². The van der Waals surface area contributed by atoms with Crippen LogP contribution in [0, 0.1) is 0 Å². The molecule has 2 saturated heterocycles. The average molecular weight is 342 g/mol. The monoisotopic (exact) mass is 341 g/mol. The Kier molecular flexibility index (Phi) is 5.62. The summed E-state index contributed by atoms with van der Waals surface area (Å²) in [6.07, 6.45) is 7.79. The Balaban J connectivity index is 1.60. The number of fused-ring (bicyclic) bond motifs is 2. The summed E-state index contributed by atoms with van der Waals surface area (Å²) in [5.41, 5.74) is 0. The lowest BCUT2D eigenvalue weighted by atomic mass is 9.95. The number of amides is 2. The van der Waals surface area contributed by atoms with Gasteiger partial charge in [0.15, 0.2) is 0 Å². The molecule has 2 amide bonds. The number of likely N-dealkylation sites (N-methyl/N-ethyl adjacent to an activating group) is 1. The highest BCUT2D eigenvalue weighted by Crippen LogP contribution is 2.29. The van der Waals surface area contributed by atoms with E-state index in [4.69, 9.17) is 0 Å². The highest BCUT2D eigenvalue weighted by Gasteiger charge is 2.37. The van der Waals surface area contributed by atoms with Crippen molar-refractivity contribution in [3.8, 4) is 0 Å². The molecule has 0 aromatic rings. The smallest absolute Gasteiger partial charge is 0.317 e. The topological polar surface area (TPSA) is 52.7 Å². The van der Waals surface area contributed by atoms with E-state index in [-0.39, 0.29) is 17.3 Å². The van der Waals surface area contributed by atoms with E-state index in [1.165, 1.54) is 12.8 Å². The molecule has 2 bridgehead atoms. The van der Waals surface area contributed by atoms with Crippen molar-refractivity contribution in [1.82, 2.24) is 15.1 Å². The summed E-state index contributed by atoms with van der Waals surface area (Å²) in [5.74, 6) is 0.690. The second-order valence-corrected chi connectivity index (χ2v) is 9.28. The maximum atomic E-state index is 12.8. The fraction of sp³-hybridized carbons (Fsp3) is 0.941. The molecule has 3 aliphatic rings. The Hall–Kier alpha value is -0.620. The van der Waals surface area contributed by atoms with Crippen LogP contribution < -0.4 is 5.32 Å². The van der Waals surface area contributed by atoms with Crippen LogP contribution in [0.1, 0.15) is 51.9 Å². The summed E-state index contributed by atoms with van der Waals surface area (Å²) in [7, 11) is 1.38. The number of urea groups is 1. The molecule has 5 nitrogen and oxygen atoms in total. The van der Waals surface area contributed by atoms with Crippen molar-refractivity contribution in [3.05, 3.63) is 0 Å². The Morgan fingerprint density at radius 3 is 2.65 bits per heavy atom. The van der Waals surface area contributed by atoms with Crippen molar-refractivity contribution in [2.24, 2.45) is 0 Å². The van der Waals surface area contributed by atoms with Gasteiger partial charge in [0.25, 0.3) is 0 Å². The molecule has 2 aliphatic heterocycles. The summed E-state index contributed by atoms with van der Waals surface area (Å²) in [4.78, 5) is 17.2. The maximum Gasteiger partial charge on any atom is 0.317 e. The van der Waals surface area contributed by atoms with Crippen LogP contribution >= 0.6 is 0 Å². The van der Waals surface area contributed by atoms with Crippen LogP contribution in [0.2, 0.25) is 0 Å². The van der Waals surface area contributed by atoms with Crippen LogP contribution in [-0.2, 0) is 10.8 Å². The molecule has 0 unspecified atom stereocenters. The number of carbonyl (C=O) groups excluding carboxylic acids is 1. The van der Waals surface area contributed by atoms with Crippen LogP contribution in [-0.4, -0.2) is 69.3 Å². The third-order valence-electron chi connectivity index (χ3n) is 6.07. The molecule has 3 fully saturated rings. The summed E-state index contributed by atoms with van der Waals surface area (Å²) in [6.45, 7) is 3.67. The second-order valence-electron chi connectivity index (χ2n) is 7.33. The van der Waals surface area contributed by atoms with Gasteiger partial charge in [0.2, 0.25) is 0 Å². The van der Waals surface area contributed by atoms with Gasteiger partial charge in [0.1, 0.15) is 0 Å². The largest absolute Gasteiger partial charge is 0.334 e. The normalized spacial score (nSPS) is 36.5. The summed E-state index contributed by atoms with van der Waals surface area (Å²) in [6, 6.07) is 1.32. The van der Waals surface area contributed by atoms with Crippen LogP contribution in [0.15, 0.2) is 0 Å². The highest BCUT2D eigenvalue weighted by molar-refractivity contribution is 7.85. The minimum atomic E-state index is -0.817. The molecule has 0 spiro atoms. The summed E-state index contributed by atoms with van der Waals surface area (Å²) in [5, 5.41) is 3.37. The van der Waals surface area contributed by atoms with Gasteiger partial charge in [-0.2, -0.15) is 0 Å². The van der Waals surface area contributed by atoms with Gasteiger partial charge in [-0.15, -0.1) is 0 Å². The quantitative estimate of drug-likeness (QED) is 0.853. The van der Waals surface area contributed by atoms with Crippen LogP contribution in [0.4, 0.5) is 4.79 Å². The van der Waals surface area contributed by atoms with E-state index in [1.54, 1.807) is 0 Å². The van der Waals surface area contributed by atoms with Crippen molar-refractivity contribution < 1.29 is 9.00 Å². The molecule has 3 rings (SSSR count). The van der Waals surface area contributed by atoms with Crippen molar-refractivity contribution in [2.75, 3.05) is 25.9 Å². The summed E-state index contributed by atoms with van der Waals surface area (Å²) >= 11 is 0. The van der Waals surface area contributed by atoms with Crippen molar-refractivity contribution in [2.45, 2.75) is 75.2 Å². The summed E-state index contributed by atoms with van der Waals surface area (Å²) < 4.78 is 12.3.